The zero-order valence-corrected chi connectivity index (χ0v) is 9.91. The molecule has 0 aromatic heterocycles. The molecule has 3 atom stereocenters. The lowest BCUT2D eigenvalue weighted by atomic mass is 9.97. The summed E-state index contributed by atoms with van der Waals surface area (Å²) in [6.45, 7) is 0.448. The van der Waals surface area contributed by atoms with Crippen LogP contribution in [0.2, 0.25) is 0 Å². The number of alkyl halides is 3. The van der Waals surface area contributed by atoms with Crippen molar-refractivity contribution in [3.63, 3.8) is 0 Å². The Kier molecular flexibility index (Phi) is 3.82. The van der Waals surface area contributed by atoms with Crippen LogP contribution in [-0.4, -0.2) is 53.9 Å². The molecule has 0 unspecified atom stereocenters. The second kappa shape index (κ2) is 5.05. The highest BCUT2D eigenvalue weighted by molar-refractivity contribution is 5.82. The minimum atomic E-state index is -4.23. The molecule has 4 nitrogen and oxygen atoms in total. The maximum atomic E-state index is 12.6. The fraction of sp³-hybridized carbons (Fsp3) is 0.909. The van der Waals surface area contributed by atoms with Crippen molar-refractivity contribution in [2.24, 2.45) is 5.92 Å². The molecular formula is C11H17F3N2O2. The molecule has 0 bridgehead atoms. The van der Waals surface area contributed by atoms with E-state index in [0.29, 0.717) is 19.5 Å². The lowest BCUT2D eigenvalue weighted by Gasteiger charge is -2.35. The molecule has 0 saturated carbocycles. The summed E-state index contributed by atoms with van der Waals surface area (Å²) >= 11 is 0. The van der Waals surface area contributed by atoms with E-state index in [1.807, 2.05) is 0 Å². The van der Waals surface area contributed by atoms with E-state index in [-0.39, 0.29) is 25.3 Å². The number of aliphatic hydroxyl groups is 1. The van der Waals surface area contributed by atoms with E-state index in [1.54, 1.807) is 0 Å². The van der Waals surface area contributed by atoms with Gasteiger partial charge in [0, 0.05) is 19.6 Å². The predicted molar refractivity (Wildman–Crippen MR) is 57.8 cm³/mol. The SMILES string of the molecule is O=C([C@@H]1C[C@H](O)CN1)N1CCC[C@@H](C(F)(F)F)C1. The van der Waals surface area contributed by atoms with Gasteiger partial charge >= 0.3 is 6.18 Å². The Morgan fingerprint density at radius 2 is 2.11 bits per heavy atom. The van der Waals surface area contributed by atoms with Gasteiger partial charge in [0.25, 0.3) is 0 Å². The minimum Gasteiger partial charge on any atom is -0.392 e. The van der Waals surface area contributed by atoms with Gasteiger partial charge in [0.1, 0.15) is 0 Å². The van der Waals surface area contributed by atoms with Crippen LogP contribution in [-0.2, 0) is 4.79 Å². The molecule has 18 heavy (non-hydrogen) atoms. The van der Waals surface area contributed by atoms with Crippen LogP contribution in [0.5, 0.6) is 0 Å². The van der Waals surface area contributed by atoms with Crippen molar-refractivity contribution in [1.82, 2.24) is 10.2 Å². The van der Waals surface area contributed by atoms with Gasteiger partial charge in [-0.05, 0) is 19.3 Å². The molecule has 7 heteroatoms. The molecule has 2 fully saturated rings. The number of likely N-dealkylation sites (tertiary alicyclic amines) is 1. The van der Waals surface area contributed by atoms with Gasteiger partial charge in [-0.2, -0.15) is 13.2 Å². The number of hydrogen-bond acceptors (Lipinski definition) is 3. The maximum absolute atomic E-state index is 12.6. The van der Waals surface area contributed by atoms with Crippen LogP contribution in [0.1, 0.15) is 19.3 Å². The zero-order chi connectivity index (χ0) is 13.3. The number of amides is 1. The number of rotatable bonds is 1. The number of aliphatic hydroxyl groups excluding tert-OH is 1. The smallest absolute Gasteiger partial charge is 0.392 e. The summed E-state index contributed by atoms with van der Waals surface area (Å²) < 4.78 is 37.9. The monoisotopic (exact) mass is 266 g/mol. The highest BCUT2D eigenvalue weighted by Gasteiger charge is 2.43. The van der Waals surface area contributed by atoms with Crippen molar-refractivity contribution in [3.8, 4) is 0 Å². The molecule has 0 aromatic carbocycles. The van der Waals surface area contributed by atoms with Crippen LogP contribution < -0.4 is 5.32 Å². The summed E-state index contributed by atoms with van der Waals surface area (Å²) in [5, 5.41) is 12.1. The lowest BCUT2D eigenvalue weighted by Crippen LogP contribution is -2.50. The van der Waals surface area contributed by atoms with Crippen LogP contribution in [0.15, 0.2) is 0 Å². The van der Waals surface area contributed by atoms with E-state index >= 15 is 0 Å². The summed E-state index contributed by atoms with van der Waals surface area (Å²) in [6.07, 6.45) is -4.06. The third kappa shape index (κ3) is 2.95. The third-order valence-corrected chi connectivity index (χ3v) is 3.60. The van der Waals surface area contributed by atoms with E-state index < -0.39 is 24.2 Å². The molecule has 2 aliphatic rings. The van der Waals surface area contributed by atoms with Crippen molar-refractivity contribution in [2.75, 3.05) is 19.6 Å². The molecule has 2 saturated heterocycles. The first kappa shape index (κ1) is 13.6. The van der Waals surface area contributed by atoms with Gasteiger partial charge in [0.15, 0.2) is 0 Å². The summed E-state index contributed by atoms with van der Waals surface area (Å²) in [6, 6.07) is -0.535. The van der Waals surface area contributed by atoms with Crippen molar-refractivity contribution >= 4 is 5.91 Å². The number of carbonyl (C=O) groups excluding carboxylic acids is 1. The summed E-state index contributed by atoms with van der Waals surface area (Å²) in [7, 11) is 0. The molecule has 2 heterocycles. The van der Waals surface area contributed by atoms with Gasteiger partial charge in [0.2, 0.25) is 5.91 Å². The first-order chi connectivity index (χ1) is 8.38. The number of hydrogen-bond donors (Lipinski definition) is 2. The van der Waals surface area contributed by atoms with Crippen LogP contribution in [0.3, 0.4) is 0 Å². The number of halogens is 3. The van der Waals surface area contributed by atoms with Gasteiger partial charge < -0.3 is 15.3 Å². The van der Waals surface area contributed by atoms with Crippen LogP contribution >= 0.6 is 0 Å². The average Bonchev–Trinajstić information content (AvgIpc) is 2.74. The summed E-state index contributed by atoms with van der Waals surface area (Å²) in [5.74, 6) is -1.73. The van der Waals surface area contributed by atoms with Crippen molar-refractivity contribution < 1.29 is 23.1 Å². The Labute approximate surface area is 103 Å². The Morgan fingerprint density at radius 1 is 1.39 bits per heavy atom. The molecule has 0 spiro atoms. The van der Waals surface area contributed by atoms with Gasteiger partial charge in [-0.15, -0.1) is 0 Å². The molecule has 0 radical (unpaired) electrons. The number of nitrogens with one attached hydrogen (secondary N) is 1. The lowest BCUT2D eigenvalue weighted by molar-refractivity contribution is -0.188. The van der Waals surface area contributed by atoms with Crippen molar-refractivity contribution in [1.29, 1.82) is 0 Å². The Morgan fingerprint density at radius 3 is 2.67 bits per heavy atom. The number of nitrogens with zero attached hydrogens (tertiary/aromatic N) is 1. The third-order valence-electron chi connectivity index (χ3n) is 3.60. The van der Waals surface area contributed by atoms with E-state index in [1.165, 1.54) is 4.90 Å². The van der Waals surface area contributed by atoms with Crippen molar-refractivity contribution in [2.45, 2.75) is 37.6 Å². The fourth-order valence-corrected chi connectivity index (χ4v) is 2.57. The maximum Gasteiger partial charge on any atom is 0.393 e. The van der Waals surface area contributed by atoms with Crippen molar-refractivity contribution in [3.05, 3.63) is 0 Å². The van der Waals surface area contributed by atoms with E-state index in [2.05, 4.69) is 5.32 Å². The second-order valence-corrected chi connectivity index (χ2v) is 5.02. The molecule has 0 aromatic rings. The van der Waals surface area contributed by atoms with Crippen LogP contribution in [0.4, 0.5) is 13.2 Å². The molecule has 104 valence electrons. The number of β-amino-alcohol motifs (C(OH)–C–C–N with tert-alkyl or cyclic N) is 1. The van der Waals surface area contributed by atoms with Gasteiger partial charge in [-0.3, -0.25) is 4.79 Å². The van der Waals surface area contributed by atoms with Crippen LogP contribution in [0.25, 0.3) is 0 Å². The topological polar surface area (TPSA) is 52.6 Å². The highest BCUT2D eigenvalue weighted by Crippen LogP contribution is 2.33. The normalized spacial score (nSPS) is 33.8. The number of piperidine rings is 1. The molecule has 2 rings (SSSR count). The average molecular weight is 266 g/mol. The molecule has 0 aliphatic carbocycles. The molecule has 1 amide bonds. The van der Waals surface area contributed by atoms with Gasteiger partial charge in [0.05, 0.1) is 18.1 Å². The predicted octanol–water partition coefficient (Wildman–Crippen LogP) is 0.510. The molecule has 2 aliphatic heterocycles. The van der Waals surface area contributed by atoms with E-state index in [4.69, 9.17) is 0 Å². The van der Waals surface area contributed by atoms with E-state index in [9.17, 15) is 23.1 Å². The zero-order valence-electron chi connectivity index (χ0n) is 9.91. The molecular weight excluding hydrogens is 249 g/mol. The molecule has 2 N–H and O–H groups in total. The fourth-order valence-electron chi connectivity index (χ4n) is 2.57. The standard InChI is InChI=1S/C11H17F3N2O2/c12-11(13,14)7-2-1-3-16(6-7)10(18)9-4-8(17)5-15-9/h7-9,15,17H,1-6H2/t7-,8+,9+/m1/s1. The van der Waals surface area contributed by atoms with Gasteiger partial charge in [-0.1, -0.05) is 0 Å². The van der Waals surface area contributed by atoms with E-state index in [0.717, 1.165) is 0 Å². The van der Waals surface area contributed by atoms with Gasteiger partial charge in [-0.25, -0.2) is 0 Å². The highest BCUT2D eigenvalue weighted by atomic mass is 19.4. The summed E-state index contributed by atoms with van der Waals surface area (Å²) in [5.41, 5.74) is 0. The first-order valence-corrected chi connectivity index (χ1v) is 6.15. The first-order valence-electron chi connectivity index (χ1n) is 6.15. The Bertz CT molecular complexity index is 322. The largest absolute Gasteiger partial charge is 0.393 e. The second-order valence-electron chi connectivity index (χ2n) is 5.02. The quantitative estimate of drug-likeness (QED) is 0.727. The Hall–Kier alpha value is -0.820. The number of carbonyl (C=O) groups is 1. The Balaban J connectivity index is 1.94. The minimum absolute atomic E-state index is 0.0913. The summed E-state index contributed by atoms with van der Waals surface area (Å²) in [4.78, 5) is 13.3. The van der Waals surface area contributed by atoms with Crippen LogP contribution in [0, 0.1) is 5.92 Å².